The lowest BCUT2D eigenvalue weighted by atomic mass is 9.96. The number of nitrogens with zero attached hydrogens (tertiary/aromatic N) is 4. The van der Waals surface area contributed by atoms with Gasteiger partial charge < -0.3 is 10.1 Å². The molecule has 2 aromatic rings. The summed E-state index contributed by atoms with van der Waals surface area (Å²) < 4.78 is 7.86. The van der Waals surface area contributed by atoms with Crippen LogP contribution >= 0.6 is 0 Å². The molecule has 1 saturated heterocycles. The van der Waals surface area contributed by atoms with Crippen molar-refractivity contribution >= 4 is 5.82 Å². The molecule has 1 aliphatic heterocycles. The highest BCUT2D eigenvalue weighted by atomic mass is 16.5. The number of hydrogen-bond donors (Lipinski definition) is 1. The van der Waals surface area contributed by atoms with E-state index in [1.54, 1.807) is 0 Å². The van der Waals surface area contributed by atoms with Crippen molar-refractivity contribution in [2.75, 3.05) is 11.9 Å². The Kier molecular flexibility index (Phi) is 3.77. The summed E-state index contributed by atoms with van der Waals surface area (Å²) in [5.74, 6) is 1.86. The van der Waals surface area contributed by atoms with E-state index in [9.17, 15) is 0 Å². The Morgan fingerprint density at radius 1 is 1.26 bits per heavy atom. The van der Waals surface area contributed by atoms with Gasteiger partial charge in [-0.05, 0) is 45.1 Å². The van der Waals surface area contributed by atoms with Crippen LogP contribution in [0.1, 0.15) is 48.1 Å². The molecule has 1 aliphatic carbocycles. The predicted octanol–water partition coefficient (Wildman–Crippen LogP) is 2.34. The monoisotopic (exact) mass is 313 g/mol. The van der Waals surface area contributed by atoms with E-state index >= 15 is 0 Å². The van der Waals surface area contributed by atoms with Crippen LogP contribution in [0.25, 0.3) is 0 Å². The molecule has 3 heterocycles. The van der Waals surface area contributed by atoms with Crippen molar-refractivity contribution in [3.63, 3.8) is 0 Å². The van der Waals surface area contributed by atoms with Crippen molar-refractivity contribution in [2.45, 2.75) is 51.2 Å². The molecule has 6 nitrogen and oxygen atoms in total. The quantitative estimate of drug-likeness (QED) is 0.942. The van der Waals surface area contributed by atoms with Gasteiger partial charge in [-0.1, -0.05) is 0 Å². The van der Waals surface area contributed by atoms with E-state index in [1.807, 2.05) is 30.9 Å². The zero-order valence-corrected chi connectivity index (χ0v) is 13.7. The number of anilines is 1. The third-order valence-corrected chi connectivity index (χ3v) is 4.86. The van der Waals surface area contributed by atoms with Gasteiger partial charge in [0.25, 0.3) is 0 Å². The fraction of sp³-hybridized carbons (Fsp3) is 0.588. The average molecular weight is 313 g/mol. The van der Waals surface area contributed by atoms with E-state index in [0.29, 0.717) is 0 Å². The maximum atomic E-state index is 5.97. The molecule has 122 valence electrons. The molecule has 0 unspecified atom stereocenters. The number of aromatic nitrogens is 4. The first-order valence-electron chi connectivity index (χ1n) is 8.45. The standard InChI is InChI=1S/C17H23N5O/c1-11-19-13-6-4-3-5-12(13)17(20-11)21-14-8-10-23-16(14)15-7-9-18-22(15)2/h7,9,14,16H,3-6,8,10H2,1-2H3,(H,19,20,21)/t14-,16-/m0/s1. The molecule has 6 heteroatoms. The molecule has 2 atom stereocenters. The average Bonchev–Trinajstić information content (AvgIpc) is 3.15. The Labute approximate surface area is 136 Å². The zero-order valence-electron chi connectivity index (χ0n) is 13.7. The Bertz CT molecular complexity index is 711. The van der Waals surface area contributed by atoms with E-state index < -0.39 is 0 Å². The summed E-state index contributed by atoms with van der Waals surface area (Å²) in [6.45, 7) is 2.74. The Balaban J connectivity index is 1.63. The fourth-order valence-electron chi connectivity index (χ4n) is 3.70. The summed E-state index contributed by atoms with van der Waals surface area (Å²) in [6.07, 6.45) is 7.42. The highest BCUT2D eigenvalue weighted by molar-refractivity contribution is 5.49. The summed E-state index contributed by atoms with van der Waals surface area (Å²) in [5, 5.41) is 7.93. The SMILES string of the molecule is Cc1nc2c(c(N[C@H]3CCO[C@@H]3c3ccnn3C)n1)CCCC2. The van der Waals surface area contributed by atoms with E-state index in [4.69, 9.17) is 4.74 Å². The van der Waals surface area contributed by atoms with Gasteiger partial charge >= 0.3 is 0 Å². The Morgan fingerprint density at radius 3 is 2.96 bits per heavy atom. The molecular weight excluding hydrogens is 290 g/mol. The van der Waals surface area contributed by atoms with E-state index in [2.05, 4.69) is 20.4 Å². The van der Waals surface area contributed by atoms with Gasteiger partial charge in [0.05, 0.1) is 11.7 Å². The van der Waals surface area contributed by atoms with Crippen LogP contribution in [0.4, 0.5) is 5.82 Å². The second-order valence-electron chi connectivity index (χ2n) is 6.46. The molecule has 0 radical (unpaired) electrons. The van der Waals surface area contributed by atoms with Gasteiger partial charge in [-0.15, -0.1) is 0 Å². The Morgan fingerprint density at radius 2 is 2.13 bits per heavy atom. The summed E-state index contributed by atoms with van der Waals surface area (Å²) in [7, 11) is 1.96. The summed E-state index contributed by atoms with van der Waals surface area (Å²) in [5.41, 5.74) is 3.64. The predicted molar refractivity (Wildman–Crippen MR) is 87.3 cm³/mol. The molecular formula is C17H23N5O. The number of rotatable bonds is 3. The van der Waals surface area contributed by atoms with Crippen LogP contribution < -0.4 is 5.32 Å². The van der Waals surface area contributed by atoms with Crippen LogP contribution in [0.3, 0.4) is 0 Å². The third-order valence-electron chi connectivity index (χ3n) is 4.86. The van der Waals surface area contributed by atoms with E-state index in [-0.39, 0.29) is 12.1 Å². The maximum Gasteiger partial charge on any atom is 0.133 e. The fourth-order valence-corrected chi connectivity index (χ4v) is 3.70. The van der Waals surface area contributed by atoms with Crippen molar-refractivity contribution in [3.05, 3.63) is 35.0 Å². The molecule has 0 bridgehead atoms. The van der Waals surface area contributed by atoms with Crippen LogP contribution in [0.5, 0.6) is 0 Å². The van der Waals surface area contributed by atoms with Gasteiger partial charge in [-0.3, -0.25) is 4.68 Å². The minimum Gasteiger partial charge on any atom is -0.370 e. The molecule has 0 spiro atoms. The molecule has 0 aromatic carbocycles. The van der Waals surface area contributed by atoms with Crippen molar-refractivity contribution < 1.29 is 4.74 Å². The molecule has 23 heavy (non-hydrogen) atoms. The lowest BCUT2D eigenvalue weighted by molar-refractivity contribution is 0.101. The molecule has 1 N–H and O–H groups in total. The van der Waals surface area contributed by atoms with Crippen LogP contribution in [0, 0.1) is 6.92 Å². The normalized spacial score (nSPS) is 23.7. The lowest BCUT2D eigenvalue weighted by Gasteiger charge is -2.24. The van der Waals surface area contributed by atoms with E-state index in [1.165, 1.54) is 24.1 Å². The second-order valence-corrected chi connectivity index (χ2v) is 6.46. The number of hydrogen-bond acceptors (Lipinski definition) is 5. The van der Waals surface area contributed by atoms with Crippen molar-refractivity contribution in [1.82, 2.24) is 19.7 Å². The molecule has 2 aromatic heterocycles. The smallest absolute Gasteiger partial charge is 0.133 e. The van der Waals surface area contributed by atoms with Gasteiger partial charge in [-0.2, -0.15) is 5.10 Å². The molecule has 1 fully saturated rings. The molecule has 0 saturated carbocycles. The summed E-state index contributed by atoms with van der Waals surface area (Å²) in [6, 6.07) is 2.26. The first kappa shape index (κ1) is 14.6. The molecule has 2 aliphatic rings. The van der Waals surface area contributed by atoms with E-state index in [0.717, 1.165) is 43.2 Å². The minimum absolute atomic E-state index is 0.0250. The third kappa shape index (κ3) is 2.72. The summed E-state index contributed by atoms with van der Waals surface area (Å²) in [4.78, 5) is 9.32. The number of nitrogens with one attached hydrogen (secondary N) is 1. The number of ether oxygens (including phenoxy) is 1. The van der Waals surface area contributed by atoms with Gasteiger partial charge in [0.2, 0.25) is 0 Å². The molecule has 4 rings (SSSR count). The van der Waals surface area contributed by atoms with Gasteiger partial charge in [-0.25, -0.2) is 9.97 Å². The first-order chi connectivity index (χ1) is 11.2. The first-order valence-corrected chi connectivity index (χ1v) is 8.45. The van der Waals surface area contributed by atoms with Crippen LogP contribution in [-0.4, -0.2) is 32.4 Å². The molecule has 0 amide bonds. The van der Waals surface area contributed by atoms with Crippen molar-refractivity contribution in [1.29, 1.82) is 0 Å². The highest BCUT2D eigenvalue weighted by Crippen LogP contribution is 2.33. The van der Waals surface area contributed by atoms with Gasteiger partial charge in [0.1, 0.15) is 17.7 Å². The van der Waals surface area contributed by atoms with Crippen molar-refractivity contribution in [3.8, 4) is 0 Å². The van der Waals surface area contributed by atoms with Crippen molar-refractivity contribution in [2.24, 2.45) is 7.05 Å². The second kappa shape index (κ2) is 5.92. The van der Waals surface area contributed by atoms with Gasteiger partial charge in [0.15, 0.2) is 0 Å². The summed E-state index contributed by atoms with van der Waals surface area (Å²) >= 11 is 0. The highest BCUT2D eigenvalue weighted by Gasteiger charge is 2.32. The topological polar surface area (TPSA) is 64.9 Å². The van der Waals surface area contributed by atoms with Crippen LogP contribution in [-0.2, 0) is 24.6 Å². The Hall–Kier alpha value is -1.95. The van der Waals surface area contributed by atoms with Crippen LogP contribution in [0.2, 0.25) is 0 Å². The largest absolute Gasteiger partial charge is 0.370 e. The number of aryl methyl sites for hydroxylation is 3. The lowest BCUT2D eigenvalue weighted by Crippen LogP contribution is -2.27. The number of fused-ring (bicyclic) bond motifs is 1. The maximum absolute atomic E-state index is 5.97. The zero-order chi connectivity index (χ0) is 15.8. The van der Waals surface area contributed by atoms with Gasteiger partial charge in [0, 0.05) is 31.1 Å². The van der Waals surface area contributed by atoms with Crippen LogP contribution in [0.15, 0.2) is 12.3 Å². The minimum atomic E-state index is 0.0250.